The first-order chi connectivity index (χ1) is 8.72. The van der Waals surface area contributed by atoms with Gasteiger partial charge in [0.25, 0.3) is 0 Å². The van der Waals surface area contributed by atoms with Crippen molar-refractivity contribution in [2.45, 2.75) is 18.9 Å². The molecule has 1 aliphatic rings. The topological polar surface area (TPSA) is 67.2 Å². The van der Waals surface area contributed by atoms with Crippen LogP contribution in [0.2, 0.25) is 0 Å². The molecule has 1 aliphatic heterocycles. The van der Waals surface area contributed by atoms with Crippen molar-refractivity contribution in [2.24, 2.45) is 0 Å². The minimum atomic E-state index is -0.328. The predicted octanol–water partition coefficient (Wildman–Crippen LogP) is 2.94. The smallest absolute Gasteiger partial charge is 0.315 e. The van der Waals surface area contributed by atoms with Gasteiger partial charge in [0.05, 0.1) is 4.92 Å². The Morgan fingerprint density at radius 2 is 2.00 bits per heavy atom. The van der Waals surface area contributed by atoms with Crippen LogP contribution in [0.4, 0.5) is 17.1 Å². The Labute approximate surface area is 110 Å². The van der Waals surface area contributed by atoms with Gasteiger partial charge < -0.3 is 10.6 Å². The van der Waals surface area contributed by atoms with E-state index >= 15 is 0 Å². The number of thioether (sulfide) groups is 1. The standard InChI is InChI=1S/C12H17N3O2S/c1-13-10-3-2-4-11(12(10)15(16)17)14-9-5-7-18-8-6-9/h2-4,9,13-14H,5-8H2,1H3. The van der Waals surface area contributed by atoms with Gasteiger partial charge in [0, 0.05) is 13.1 Å². The number of nitrogens with one attached hydrogen (secondary N) is 2. The summed E-state index contributed by atoms with van der Waals surface area (Å²) in [5.41, 5.74) is 1.30. The van der Waals surface area contributed by atoms with Crippen molar-refractivity contribution in [3.63, 3.8) is 0 Å². The molecule has 6 heteroatoms. The molecule has 0 aromatic heterocycles. The first-order valence-electron chi connectivity index (χ1n) is 6.02. The summed E-state index contributed by atoms with van der Waals surface area (Å²) in [6, 6.07) is 5.68. The van der Waals surface area contributed by atoms with Crippen molar-refractivity contribution in [1.29, 1.82) is 0 Å². The largest absolute Gasteiger partial charge is 0.382 e. The lowest BCUT2D eigenvalue weighted by atomic mass is 10.1. The third-order valence-electron chi connectivity index (χ3n) is 3.07. The second-order valence-corrected chi connectivity index (χ2v) is 5.46. The van der Waals surface area contributed by atoms with Crippen LogP contribution in [-0.2, 0) is 0 Å². The monoisotopic (exact) mass is 267 g/mol. The molecule has 1 fully saturated rings. The Bertz CT molecular complexity index is 433. The van der Waals surface area contributed by atoms with Crippen LogP contribution < -0.4 is 10.6 Å². The lowest BCUT2D eigenvalue weighted by molar-refractivity contribution is -0.383. The number of nitrogens with zero attached hydrogens (tertiary/aromatic N) is 1. The highest BCUT2D eigenvalue weighted by molar-refractivity contribution is 7.99. The van der Waals surface area contributed by atoms with Gasteiger partial charge in [-0.05, 0) is 36.5 Å². The number of anilines is 2. The van der Waals surface area contributed by atoms with E-state index in [2.05, 4.69) is 10.6 Å². The van der Waals surface area contributed by atoms with E-state index in [1.165, 1.54) is 0 Å². The minimum Gasteiger partial charge on any atom is -0.382 e. The van der Waals surface area contributed by atoms with Crippen LogP contribution in [0.3, 0.4) is 0 Å². The molecular formula is C12H17N3O2S. The van der Waals surface area contributed by atoms with Gasteiger partial charge in [0.1, 0.15) is 11.4 Å². The summed E-state index contributed by atoms with van der Waals surface area (Å²) >= 11 is 1.94. The van der Waals surface area contributed by atoms with E-state index in [-0.39, 0.29) is 10.6 Å². The van der Waals surface area contributed by atoms with Crippen molar-refractivity contribution in [1.82, 2.24) is 0 Å². The third-order valence-corrected chi connectivity index (χ3v) is 4.12. The molecule has 0 radical (unpaired) electrons. The van der Waals surface area contributed by atoms with Crippen LogP contribution in [0.1, 0.15) is 12.8 Å². The van der Waals surface area contributed by atoms with E-state index in [4.69, 9.17) is 0 Å². The molecular weight excluding hydrogens is 250 g/mol. The van der Waals surface area contributed by atoms with Gasteiger partial charge in [-0.2, -0.15) is 11.8 Å². The summed E-state index contributed by atoms with van der Waals surface area (Å²) in [5.74, 6) is 2.24. The summed E-state index contributed by atoms with van der Waals surface area (Å²) in [7, 11) is 1.70. The number of hydrogen-bond acceptors (Lipinski definition) is 5. The molecule has 0 unspecified atom stereocenters. The fraction of sp³-hybridized carbons (Fsp3) is 0.500. The molecule has 98 valence electrons. The molecule has 0 spiro atoms. The molecule has 2 rings (SSSR count). The number of para-hydroxylation sites is 1. The Hall–Kier alpha value is -1.43. The van der Waals surface area contributed by atoms with Gasteiger partial charge >= 0.3 is 5.69 Å². The van der Waals surface area contributed by atoms with Crippen LogP contribution in [0.25, 0.3) is 0 Å². The molecule has 0 amide bonds. The Morgan fingerprint density at radius 1 is 1.33 bits per heavy atom. The highest BCUT2D eigenvalue weighted by Crippen LogP contribution is 2.34. The molecule has 0 bridgehead atoms. The first kappa shape index (κ1) is 13.0. The molecule has 2 N–H and O–H groups in total. The maximum atomic E-state index is 11.2. The summed E-state index contributed by atoms with van der Waals surface area (Å²) in [5, 5.41) is 17.3. The van der Waals surface area contributed by atoms with Crippen LogP contribution in [0, 0.1) is 10.1 Å². The zero-order chi connectivity index (χ0) is 13.0. The van der Waals surface area contributed by atoms with Crippen molar-refractivity contribution < 1.29 is 4.92 Å². The van der Waals surface area contributed by atoms with Gasteiger partial charge in [-0.1, -0.05) is 6.07 Å². The average molecular weight is 267 g/mol. The molecule has 18 heavy (non-hydrogen) atoms. The number of nitro groups is 1. The van der Waals surface area contributed by atoms with Gasteiger partial charge in [0.2, 0.25) is 0 Å². The molecule has 0 atom stereocenters. The summed E-state index contributed by atoms with van der Waals surface area (Å²) in [6.07, 6.45) is 2.12. The van der Waals surface area contributed by atoms with Crippen molar-refractivity contribution in [3.05, 3.63) is 28.3 Å². The summed E-state index contributed by atoms with van der Waals surface area (Å²) < 4.78 is 0. The first-order valence-corrected chi connectivity index (χ1v) is 7.17. The van der Waals surface area contributed by atoms with E-state index in [1.54, 1.807) is 19.2 Å². The zero-order valence-corrected chi connectivity index (χ0v) is 11.1. The number of nitro benzene ring substituents is 1. The fourth-order valence-electron chi connectivity index (χ4n) is 2.12. The maximum absolute atomic E-state index is 11.2. The fourth-order valence-corrected chi connectivity index (χ4v) is 3.23. The van der Waals surface area contributed by atoms with Crippen LogP contribution in [0.5, 0.6) is 0 Å². The number of hydrogen-bond donors (Lipinski definition) is 2. The molecule has 0 saturated carbocycles. The van der Waals surface area contributed by atoms with Crippen molar-refractivity contribution in [3.8, 4) is 0 Å². The molecule has 1 saturated heterocycles. The van der Waals surface area contributed by atoms with Gasteiger partial charge in [-0.15, -0.1) is 0 Å². The zero-order valence-electron chi connectivity index (χ0n) is 10.3. The molecule has 5 nitrogen and oxygen atoms in total. The molecule has 1 aromatic carbocycles. The lowest BCUT2D eigenvalue weighted by Gasteiger charge is -2.23. The van der Waals surface area contributed by atoms with E-state index in [0.717, 1.165) is 24.3 Å². The normalized spacial score (nSPS) is 16.3. The Morgan fingerprint density at radius 3 is 2.61 bits per heavy atom. The highest BCUT2D eigenvalue weighted by Gasteiger charge is 2.22. The van der Waals surface area contributed by atoms with E-state index in [9.17, 15) is 10.1 Å². The third kappa shape index (κ3) is 2.87. The highest BCUT2D eigenvalue weighted by atomic mass is 32.2. The van der Waals surface area contributed by atoms with Crippen molar-refractivity contribution >= 4 is 28.8 Å². The van der Waals surface area contributed by atoms with E-state index in [0.29, 0.717) is 17.4 Å². The second-order valence-electron chi connectivity index (χ2n) is 4.24. The van der Waals surface area contributed by atoms with Crippen LogP contribution in [-0.4, -0.2) is 29.5 Å². The molecule has 0 aliphatic carbocycles. The van der Waals surface area contributed by atoms with E-state index in [1.807, 2.05) is 17.8 Å². The summed E-state index contributed by atoms with van der Waals surface area (Å²) in [6.45, 7) is 0. The van der Waals surface area contributed by atoms with Crippen LogP contribution >= 0.6 is 11.8 Å². The van der Waals surface area contributed by atoms with Crippen LogP contribution in [0.15, 0.2) is 18.2 Å². The van der Waals surface area contributed by atoms with E-state index < -0.39 is 0 Å². The molecule has 1 heterocycles. The molecule has 1 aromatic rings. The number of benzene rings is 1. The quantitative estimate of drug-likeness (QED) is 0.648. The second kappa shape index (κ2) is 5.95. The van der Waals surface area contributed by atoms with Gasteiger partial charge in [0.15, 0.2) is 0 Å². The summed E-state index contributed by atoms with van der Waals surface area (Å²) in [4.78, 5) is 10.8. The average Bonchev–Trinajstić information content (AvgIpc) is 2.39. The predicted molar refractivity (Wildman–Crippen MR) is 76.6 cm³/mol. The Kier molecular flexibility index (Phi) is 4.30. The lowest BCUT2D eigenvalue weighted by Crippen LogP contribution is -2.25. The minimum absolute atomic E-state index is 0.137. The van der Waals surface area contributed by atoms with Crippen molar-refractivity contribution in [2.75, 3.05) is 29.2 Å². The SMILES string of the molecule is CNc1cccc(NC2CCSCC2)c1[N+](=O)[O-]. The number of rotatable bonds is 4. The van der Waals surface area contributed by atoms with Gasteiger partial charge in [-0.3, -0.25) is 10.1 Å². The maximum Gasteiger partial charge on any atom is 0.315 e. The Balaban J connectivity index is 2.23. The van der Waals surface area contributed by atoms with Gasteiger partial charge in [-0.25, -0.2) is 0 Å².